The van der Waals surface area contributed by atoms with E-state index in [0.717, 1.165) is 36.0 Å². The molecule has 1 aliphatic heterocycles. The molecule has 0 amide bonds. The normalized spacial score (nSPS) is 20.6. The summed E-state index contributed by atoms with van der Waals surface area (Å²) in [4.78, 5) is 2.84. The highest BCUT2D eigenvalue weighted by molar-refractivity contribution is 5.71. The number of hydrogen-bond donors (Lipinski definition) is 0. The second kappa shape index (κ2) is 5.88. The van der Waals surface area contributed by atoms with Crippen molar-refractivity contribution in [3.8, 4) is 0 Å². The lowest BCUT2D eigenvalue weighted by Gasteiger charge is -2.36. The minimum Gasteiger partial charge on any atom is -0.370 e. The van der Waals surface area contributed by atoms with E-state index in [1.807, 2.05) is 0 Å². The number of hydrogen-bond acceptors (Lipinski definition) is 2. The lowest BCUT2D eigenvalue weighted by Crippen LogP contribution is -2.34. The van der Waals surface area contributed by atoms with Crippen molar-refractivity contribution < 1.29 is 9.13 Å². The van der Waals surface area contributed by atoms with E-state index < -0.39 is 0 Å². The first-order valence-electron chi connectivity index (χ1n) is 7.34. The zero-order valence-corrected chi connectivity index (χ0v) is 11.9. The quantitative estimate of drug-likeness (QED) is 0.454. The molecule has 1 fully saturated rings. The first-order chi connectivity index (χ1) is 10.2. The van der Waals surface area contributed by atoms with Gasteiger partial charge in [-0.25, -0.2) is 4.39 Å². The van der Waals surface area contributed by atoms with Crippen molar-refractivity contribution in [1.29, 1.82) is 0 Å². The molecule has 2 aliphatic rings. The summed E-state index contributed by atoms with van der Waals surface area (Å²) >= 11 is 0. The molecular weight excluding hydrogens is 269 g/mol. The summed E-state index contributed by atoms with van der Waals surface area (Å²) in [5.41, 5.74) is 11.7. The average Bonchev–Trinajstić information content (AvgIpc) is 2.95. The SMILES string of the molecule is [N-]=[N+]=NCC1=C(c2ccc(F)cc2)CC2(CCCC2)OC1. The number of rotatable bonds is 3. The molecule has 3 rings (SSSR count). The Balaban J connectivity index is 1.96. The molecule has 1 heterocycles. The van der Waals surface area contributed by atoms with Crippen LogP contribution in [0.2, 0.25) is 0 Å². The van der Waals surface area contributed by atoms with Gasteiger partial charge in [-0.2, -0.15) is 0 Å². The van der Waals surface area contributed by atoms with E-state index in [1.165, 1.54) is 25.0 Å². The van der Waals surface area contributed by atoms with Crippen molar-refractivity contribution in [2.24, 2.45) is 5.11 Å². The van der Waals surface area contributed by atoms with Crippen molar-refractivity contribution in [2.75, 3.05) is 13.2 Å². The highest BCUT2D eigenvalue weighted by Gasteiger charge is 2.39. The second-order valence-corrected chi connectivity index (χ2v) is 5.83. The van der Waals surface area contributed by atoms with Gasteiger partial charge in [-0.05, 0) is 47.2 Å². The number of benzene rings is 1. The van der Waals surface area contributed by atoms with Crippen molar-refractivity contribution >= 4 is 5.57 Å². The molecule has 110 valence electrons. The van der Waals surface area contributed by atoms with Crippen LogP contribution in [0.3, 0.4) is 0 Å². The van der Waals surface area contributed by atoms with Gasteiger partial charge >= 0.3 is 0 Å². The van der Waals surface area contributed by atoms with Crippen LogP contribution in [-0.2, 0) is 4.74 Å². The largest absolute Gasteiger partial charge is 0.370 e. The van der Waals surface area contributed by atoms with E-state index in [4.69, 9.17) is 10.3 Å². The third-order valence-corrected chi connectivity index (χ3v) is 4.51. The lowest BCUT2D eigenvalue weighted by atomic mass is 9.84. The van der Waals surface area contributed by atoms with Crippen LogP contribution in [0.25, 0.3) is 16.0 Å². The summed E-state index contributed by atoms with van der Waals surface area (Å²) in [6, 6.07) is 6.55. The number of halogens is 1. The molecule has 1 aromatic rings. The topological polar surface area (TPSA) is 58.0 Å². The maximum atomic E-state index is 13.1. The standard InChI is InChI=1S/C16H18FN3O/c17-14-5-3-12(4-6-14)15-9-16(7-1-2-8-16)21-11-13(15)10-19-20-18/h3-6H,1-2,7-11H2. The van der Waals surface area contributed by atoms with E-state index in [1.54, 1.807) is 12.1 Å². The van der Waals surface area contributed by atoms with Crippen molar-refractivity contribution in [3.05, 3.63) is 51.7 Å². The fraction of sp³-hybridized carbons (Fsp3) is 0.500. The Labute approximate surface area is 123 Å². The number of nitrogens with zero attached hydrogens (tertiary/aromatic N) is 3. The smallest absolute Gasteiger partial charge is 0.123 e. The molecule has 0 saturated heterocycles. The molecular formula is C16H18FN3O. The summed E-state index contributed by atoms with van der Waals surface area (Å²) in [7, 11) is 0. The van der Waals surface area contributed by atoms with Gasteiger partial charge in [0.25, 0.3) is 0 Å². The van der Waals surface area contributed by atoms with E-state index in [2.05, 4.69) is 10.0 Å². The minimum absolute atomic E-state index is 0.0659. The van der Waals surface area contributed by atoms with Gasteiger partial charge in [-0.1, -0.05) is 30.1 Å². The fourth-order valence-electron chi connectivity index (χ4n) is 3.38. The van der Waals surface area contributed by atoms with Gasteiger partial charge in [0.05, 0.1) is 12.2 Å². The van der Waals surface area contributed by atoms with Crippen molar-refractivity contribution in [2.45, 2.75) is 37.7 Å². The summed E-state index contributed by atoms with van der Waals surface area (Å²) in [6.07, 6.45) is 5.37. The molecule has 1 saturated carbocycles. The zero-order valence-electron chi connectivity index (χ0n) is 11.9. The first-order valence-corrected chi connectivity index (χ1v) is 7.34. The van der Waals surface area contributed by atoms with E-state index >= 15 is 0 Å². The van der Waals surface area contributed by atoms with Gasteiger partial charge in [-0.3, -0.25) is 0 Å². The maximum Gasteiger partial charge on any atom is 0.123 e. The maximum absolute atomic E-state index is 13.1. The Morgan fingerprint density at radius 3 is 2.62 bits per heavy atom. The molecule has 0 bridgehead atoms. The first kappa shape index (κ1) is 14.1. The van der Waals surface area contributed by atoms with Gasteiger partial charge in [0.15, 0.2) is 0 Å². The van der Waals surface area contributed by atoms with E-state index in [9.17, 15) is 4.39 Å². The van der Waals surface area contributed by atoms with Gasteiger partial charge in [0, 0.05) is 17.9 Å². The number of ether oxygens (including phenoxy) is 1. The Bertz CT molecular complexity index is 596. The summed E-state index contributed by atoms with van der Waals surface area (Å²) < 4.78 is 19.2. The fourth-order valence-corrected chi connectivity index (χ4v) is 3.38. The van der Waals surface area contributed by atoms with Gasteiger partial charge < -0.3 is 4.74 Å². The number of azide groups is 1. The molecule has 21 heavy (non-hydrogen) atoms. The predicted molar refractivity (Wildman–Crippen MR) is 79.1 cm³/mol. The van der Waals surface area contributed by atoms with Gasteiger partial charge in [0.1, 0.15) is 5.82 Å². The molecule has 1 spiro atoms. The van der Waals surface area contributed by atoms with Crippen LogP contribution in [0.15, 0.2) is 35.0 Å². The molecule has 0 unspecified atom stereocenters. The molecule has 1 aromatic carbocycles. The van der Waals surface area contributed by atoms with Crippen LogP contribution in [0.5, 0.6) is 0 Å². The average molecular weight is 287 g/mol. The Morgan fingerprint density at radius 1 is 1.24 bits per heavy atom. The zero-order chi connectivity index (χ0) is 14.7. The van der Waals surface area contributed by atoms with Crippen LogP contribution in [0, 0.1) is 5.82 Å². The van der Waals surface area contributed by atoms with E-state index in [0.29, 0.717) is 13.2 Å². The molecule has 1 aliphatic carbocycles. The summed E-state index contributed by atoms with van der Waals surface area (Å²) in [6.45, 7) is 0.824. The Morgan fingerprint density at radius 2 is 1.95 bits per heavy atom. The minimum atomic E-state index is -0.237. The van der Waals surface area contributed by atoms with Crippen molar-refractivity contribution in [1.82, 2.24) is 0 Å². The predicted octanol–water partition coefficient (Wildman–Crippen LogP) is 4.62. The lowest BCUT2D eigenvalue weighted by molar-refractivity contribution is -0.0322. The van der Waals surface area contributed by atoms with Gasteiger partial charge in [-0.15, -0.1) is 0 Å². The molecule has 4 nitrogen and oxygen atoms in total. The van der Waals surface area contributed by atoms with Crippen molar-refractivity contribution in [3.63, 3.8) is 0 Å². The second-order valence-electron chi connectivity index (χ2n) is 5.83. The third-order valence-electron chi connectivity index (χ3n) is 4.51. The summed E-state index contributed by atoms with van der Waals surface area (Å²) in [5.74, 6) is -0.237. The molecule has 0 aromatic heterocycles. The molecule has 5 heteroatoms. The highest BCUT2D eigenvalue weighted by atomic mass is 19.1. The van der Waals surface area contributed by atoms with Crippen LogP contribution in [-0.4, -0.2) is 18.8 Å². The third kappa shape index (κ3) is 2.94. The Hall–Kier alpha value is -1.84. The molecule has 0 radical (unpaired) electrons. The van der Waals surface area contributed by atoms with Crippen LogP contribution < -0.4 is 0 Å². The molecule has 0 N–H and O–H groups in total. The van der Waals surface area contributed by atoms with E-state index in [-0.39, 0.29) is 11.4 Å². The monoisotopic (exact) mass is 287 g/mol. The van der Waals surface area contributed by atoms with Crippen LogP contribution in [0.4, 0.5) is 4.39 Å². The van der Waals surface area contributed by atoms with Gasteiger partial charge in [0.2, 0.25) is 0 Å². The summed E-state index contributed by atoms with van der Waals surface area (Å²) in [5, 5.41) is 3.67. The van der Waals surface area contributed by atoms with Crippen LogP contribution >= 0.6 is 0 Å². The highest BCUT2D eigenvalue weighted by Crippen LogP contribution is 2.44. The Kier molecular flexibility index (Phi) is 3.95. The van der Waals surface area contributed by atoms with Crippen LogP contribution in [0.1, 0.15) is 37.7 Å². The molecule has 0 atom stereocenters.